The second kappa shape index (κ2) is 8.13. The van der Waals surface area contributed by atoms with E-state index in [9.17, 15) is 13.2 Å². The molecule has 2 aliphatic carbocycles. The van der Waals surface area contributed by atoms with Crippen LogP contribution in [0.5, 0.6) is 0 Å². The second-order valence-corrected chi connectivity index (χ2v) is 10.9. The maximum absolute atomic E-state index is 13.1. The number of carbonyl (C=O) groups is 1. The second-order valence-electron chi connectivity index (χ2n) is 8.00. The molecule has 1 aromatic carbocycles. The standard InChI is InChI=1S/C20H28N2O3S2/c23-20(21-12-15-6-7-15)19-13-26-14-22(19)27(24,25)18-10-8-17(9-11-18)16-4-2-1-3-5-16/h8-11,15-16,19H,1-7,12-14H2,(H,21,23). The van der Waals surface area contributed by atoms with Crippen LogP contribution in [0.4, 0.5) is 0 Å². The van der Waals surface area contributed by atoms with Gasteiger partial charge in [0.2, 0.25) is 15.9 Å². The number of benzene rings is 1. The van der Waals surface area contributed by atoms with Crippen molar-refractivity contribution in [2.45, 2.75) is 61.8 Å². The number of nitrogens with zero attached hydrogens (tertiary/aromatic N) is 1. The van der Waals surface area contributed by atoms with E-state index in [1.54, 1.807) is 12.1 Å². The van der Waals surface area contributed by atoms with Crippen molar-refractivity contribution in [3.63, 3.8) is 0 Å². The first-order chi connectivity index (χ1) is 13.1. The van der Waals surface area contributed by atoms with Crippen molar-refractivity contribution < 1.29 is 13.2 Å². The van der Waals surface area contributed by atoms with Crippen LogP contribution in [0.3, 0.4) is 0 Å². The highest BCUT2D eigenvalue weighted by molar-refractivity contribution is 8.00. The quantitative estimate of drug-likeness (QED) is 0.784. The third kappa shape index (κ3) is 4.35. The minimum absolute atomic E-state index is 0.158. The monoisotopic (exact) mass is 408 g/mol. The zero-order valence-electron chi connectivity index (χ0n) is 15.6. The van der Waals surface area contributed by atoms with E-state index in [2.05, 4.69) is 5.32 Å². The van der Waals surface area contributed by atoms with Gasteiger partial charge in [0.05, 0.1) is 10.8 Å². The summed E-state index contributed by atoms with van der Waals surface area (Å²) < 4.78 is 27.6. The molecule has 7 heteroatoms. The van der Waals surface area contributed by atoms with Crippen LogP contribution in [0.25, 0.3) is 0 Å². The number of thioether (sulfide) groups is 1. The first-order valence-electron chi connectivity index (χ1n) is 10.0. The molecule has 148 valence electrons. The Bertz CT molecular complexity index is 769. The lowest BCUT2D eigenvalue weighted by atomic mass is 9.84. The molecule has 0 bridgehead atoms. The normalized spacial score (nSPS) is 24.8. The molecule has 1 N–H and O–H groups in total. The van der Waals surface area contributed by atoms with E-state index in [1.807, 2.05) is 12.1 Å². The molecule has 1 aromatic rings. The fourth-order valence-corrected chi connectivity index (χ4v) is 7.19. The SMILES string of the molecule is O=C(NCC1CC1)C1CSCN1S(=O)(=O)c1ccc(C2CCCCC2)cc1. The Morgan fingerprint density at radius 2 is 1.78 bits per heavy atom. The van der Waals surface area contributed by atoms with E-state index in [1.165, 1.54) is 53.7 Å². The number of hydrogen-bond acceptors (Lipinski definition) is 4. The molecule has 0 spiro atoms. The Labute approximate surface area is 166 Å². The van der Waals surface area contributed by atoms with Crippen LogP contribution in [0.2, 0.25) is 0 Å². The summed E-state index contributed by atoms with van der Waals surface area (Å²) >= 11 is 1.50. The minimum Gasteiger partial charge on any atom is -0.354 e. The van der Waals surface area contributed by atoms with Gasteiger partial charge in [0.25, 0.3) is 0 Å². The van der Waals surface area contributed by atoms with Gasteiger partial charge in [0, 0.05) is 12.3 Å². The van der Waals surface area contributed by atoms with Gasteiger partial charge in [-0.15, -0.1) is 11.8 Å². The molecule has 1 heterocycles. The Morgan fingerprint density at radius 3 is 2.44 bits per heavy atom. The molecule has 0 radical (unpaired) electrons. The van der Waals surface area contributed by atoms with Gasteiger partial charge in [0.1, 0.15) is 6.04 Å². The van der Waals surface area contributed by atoms with Crippen molar-refractivity contribution in [2.24, 2.45) is 5.92 Å². The van der Waals surface area contributed by atoms with E-state index in [0.717, 1.165) is 12.8 Å². The molecule has 1 saturated heterocycles. The molecule has 1 atom stereocenters. The van der Waals surface area contributed by atoms with Gasteiger partial charge in [-0.3, -0.25) is 4.79 Å². The van der Waals surface area contributed by atoms with Crippen LogP contribution in [0, 0.1) is 5.92 Å². The summed E-state index contributed by atoms with van der Waals surface area (Å²) in [7, 11) is -3.65. The van der Waals surface area contributed by atoms with E-state index >= 15 is 0 Å². The lowest BCUT2D eigenvalue weighted by molar-refractivity contribution is -0.123. The van der Waals surface area contributed by atoms with Crippen molar-refractivity contribution in [1.29, 1.82) is 0 Å². The van der Waals surface area contributed by atoms with Crippen LogP contribution in [0.1, 0.15) is 56.4 Å². The Morgan fingerprint density at radius 1 is 1.07 bits per heavy atom. The molecule has 2 saturated carbocycles. The van der Waals surface area contributed by atoms with Gasteiger partial charge in [-0.25, -0.2) is 8.42 Å². The third-order valence-electron chi connectivity index (χ3n) is 5.97. The van der Waals surface area contributed by atoms with Gasteiger partial charge in [-0.2, -0.15) is 4.31 Å². The van der Waals surface area contributed by atoms with E-state index < -0.39 is 16.1 Å². The first-order valence-corrected chi connectivity index (χ1v) is 12.6. The van der Waals surface area contributed by atoms with Gasteiger partial charge in [0.15, 0.2) is 0 Å². The highest BCUT2D eigenvalue weighted by Gasteiger charge is 2.40. The topological polar surface area (TPSA) is 66.5 Å². The Kier molecular flexibility index (Phi) is 5.81. The number of rotatable bonds is 6. The van der Waals surface area contributed by atoms with Crippen molar-refractivity contribution >= 4 is 27.7 Å². The highest BCUT2D eigenvalue weighted by Crippen LogP contribution is 2.34. The van der Waals surface area contributed by atoms with Gasteiger partial charge < -0.3 is 5.32 Å². The molecule has 1 aliphatic heterocycles. The van der Waals surface area contributed by atoms with Crippen LogP contribution in [0.15, 0.2) is 29.2 Å². The average molecular weight is 409 g/mol. The number of hydrogen-bond donors (Lipinski definition) is 1. The number of carbonyl (C=O) groups excluding carboxylic acids is 1. The molecular formula is C20H28N2O3S2. The summed E-state index contributed by atoms with van der Waals surface area (Å²) in [6.45, 7) is 0.671. The van der Waals surface area contributed by atoms with Crippen molar-refractivity contribution in [1.82, 2.24) is 9.62 Å². The summed E-state index contributed by atoms with van der Waals surface area (Å²) in [5, 5.41) is 2.93. The van der Waals surface area contributed by atoms with E-state index in [0.29, 0.717) is 34.9 Å². The largest absolute Gasteiger partial charge is 0.354 e. The molecule has 1 unspecified atom stereocenters. The summed E-state index contributed by atoms with van der Waals surface area (Å²) in [5.41, 5.74) is 1.24. The van der Waals surface area contributed by atoms with Crippen molar-refractivity contribution in [3.05, 3.63) is 29.8 Å². The fourth-order valence-electron chi connectivity index (χ4n) is 4.04. The number of sulfonamides is 1. The minimum atomic E-state index is -3.65. The molecule has 3 aliphatic rings. The molecule has 4 rings (SSSR count). The van der Waals surface area contributed by atoms with E-state index in [-0.39, 0.29) is 5.91 Å². The zero-order valence-corrected chi connectivity index (χ0v) is 17.2. The molecule has 1 amide bonds. The maximum Gasteiger partial charge on any atom is 0.244 e. The summed E-state index contributed by atoms with van der Waals surface area (Å²) in [6.07, 6.45) is 8.53. The zero-order chi connectivity index (χ0) is 18.9. The Balaban J connectivity index is 1.46. The lowest BCUT2D eigenvalue weighted by Gasteiger charge is -2.24. The molecular weight excluding hydrogens is 380 g/mol. The van der Waals surface area contributed by atoms with E-state index in [4.69, 9.17) is 0 Å². The van der Waals surface area contributed by atoms with Gasteiger partial charge in [-0.05, 0) is 55.2 Å². The number of amides is 1. The van der Waals surface area contributed by atoms with Crippen molar-refractivity contribution in [3.8, 4) is 0 Å². The maximum atomic E-state index is 13.1. The predicted molar refractivity (Wildman–Crippen MR) is 108 cm³/mol. The third-order valence-corrected chi connectivity index (χ3v) is 9.01. The van der Waals surface area contributed by atoms with Crippen LogP contribution < -0.4 is 5.32 Å². The lowest BCUT2D eigenvalue weighted by Crippen LogP contribution is -2.47. The smallest absolute Gasteiger partial charge is 0.244 e. The summed E-state index contributed by atoms with van der Waals surface area (Å²) in [4.78, 5) is 12.8. The first kappa shape index (κ1) is 19.3. The van der Waals surface area contributed by atoms with Crippen LogP contribution >= 0.6 is 11.8 Å². The molecule has 0 aromatic heterocycles. The summed E-state index contributed by atoms with van der Waals surface area (Å²) in [6, 6.07) is 6.78. The van der Waals surface area contributed by atoms with Gasteiger partial charge in [-0.1, -0.05) is 31.4 Å². The Hall–Kier alpha value is -1.05. The highest BCUT2D eigenvalue weighted by atomic mass is 32.2. The van der Waals surface area contributed by atoms with Gasteiger partial charge >= 0.3 is 0 Å². The number of nitrogens with one attached hydrogen (secondary N) is 1. The average Bonchev–Trinajstić information content (AvgIpc) is 3.39. The van der Waals surface area contributed by atoms with Crippen LogP contribution in [-0.2, 0) is 14.8 Å². The molecule has 27 heavy (non-hydrogen) atoms. The summed E-state index contributed by atoms with van der Waals surface area (Å²) in [5.74, 6) is 1.85. The van der Waals surface area contributed by atoms with Crippen LogP contribution in [-0.4, -0.2) is 42.8 Å². The molecule has 5 nitrogen and oxygen atoms in total. The van der Waals surface area contributed by atoms with Crippen molar-refractivity contribution in [2.75, 3.05) is 18.2 Å². The fraction of sp³-hybridized carbons (Fsp3) is 0.650. The molecule has 3 fully saturated rings. The predicted octanol–water partition coefficient (Wildman–Crippen LogP) is 3.32.